The van der Waals surface area contributed by atoms with Gasteiger partial charge in [0.25, 0.3) is 0 Å². The van der Waals surface area contributed by atoms with Crippen LogP contribution < -0.4 is 5.32 Å². The van der Waals surface area contributed by atoms with Crippen molar-refractivity contribution in [3.05, 3.63) is 51.8 Å². The highest BCUT2D eigenvalue weighted by atomic mass is 79.9. The highest BCUT2D eigenvalue weighted by Crippen LogP contribution is 2.22. The summed E-state index contributed by atoms with van der Waals surface area (Å²) in [7, 11) is 0. The van der Waals surface area contributed by atoms with Crippen LogP contribution in [0.15, 0.2) is 41.1 Å². The zero-order valence-corrected chi connectivity index (χ0v) is 10.7. The predicted octanol–water partition coefficient (Wildman–Crippen LogP) is 3.50. The van der Waals surface area contributed by atoms with E-state index in [2.05, 4.69) is 31.2 Å². The molecule has 0 saturated heterocycles. The lowest BCUT2D eigenvalue weighted by molar-refractivity contribution is 1.03. The van der Waals surface area contributed by atoms with E-state index in [1.807, 2.05) is 18.2 Å². The Balaban J connectivity index is 2.05. The maximum Gasteiger partial charge on any atom is 0.145 e. The van der Waals surface area contributed by atoms with Gasteiger partial charge < -0.3 is 5.32 Å². The average Bonchev–Trinajstić information content (AvgIpc) is 2.29. The van der Waals surface area contributed by atoms with E-state index in [4.69, 9.17) is 11.6 Å². The van der Waals surface area contributed by atoms with Gasteiger partial charge in [-0.15, -0.1) is 0 Å². The molecular weight excluding hydrogens is 289 g/mol. The molecular formula is C11H9BrClN3. The zero-order chi connectivity index (χ0) is 11.4. The van der Waals surface area contributed by atoms with Gasteiger partial charge in [0.1, 0.15) is 5.82 Å². The fourth-order valence-electron chi connectivity index (χ4n) is 1.22. The van der Waals surface area contributed by atoms with Gasteiger partial charge in [0, 0.05) is 16.9 Å². The van der Waals surface area contributed by atoms with Crippen LogP contribution >= 0.6 is 27.5 Å². The molecule has 2 heterocycles. The van der Waals surface area contributed by atoms with Gasteiger partial charge in [-0.2, -0.15) is 0 Å². The fourth-order valence-corrected chi connectivity index (χ4v) is 1.92. The summed E-state index contributed by atoms with van der Waals surface area (Å²) in [6.07, 6.45) is 3.46. The van der Waals surface area contributed by atoms with Gasteiger partial charge in [-0.25, -0.2) is 4.98 Å². The van der Waals surface area contributed by atoms with Gasteiger partial charge >= 0.3 is 0 Å². The van der Waals surface area contributed by atoms with E-state index in [1.165, 1.54) is 0 Å². The monoisotopic (exact) mass is 297 g/mol. The van der Waals surface area contributed by atoms with Crippen molar-refractivity contribution in [3.63, 3.8) is 0 Å². The third-order valence-corrected chi connectivity index (χ3v) is 2.69. The zero-order valence-electron chi connectivity index (χ0n) is 8.32. The van der Waals surface area contributed by atoms with Crippen molar-refractivity contribution in [2.75, 3.05) is 5.32 Å². The predicted molar refractivity (Wildman–Crippen MR) is 68.5 cm³/mol. The summed E-state index contributed by atoms with van der Waals surface area (Å²) in [6, 6.07) is 7.57. The Labute approximate surface area is 107 Å². The molecule has 1 N–H and O–H groups in total. The molecule has 0 bridgehead atoms. The molecule has 0 spiro atoms. The van der Waals surface area contributed by atoms with Gasteiger partial charge in [-0.1, -0.05) is 17.7 Å². The number of nitrogens with one attached hydrogen (secondary N) is 1. The van der Waals surface area contributed by atoms with Crippen molar-refractivity contribution in [2.24, 2.45) is 0 Å². The molecule has 5 heteroatoms. The first-order valence-electron chi connectivity index (χ1n) is 4.70. The molecule has 2 aromatic heterocycles. The quantitative estimate of drug-likeness (QED) is 0.942. The molecule has 2 rings (SSSR count). The van der Waals surface area contributed by atoms with E-state index in [-0.39, 0.29) is 0 Å². The minimum absolute atomic E-state index is 0.588. The van der Waals surface area contributed by atoms with Crippen molar-refractivity contribution in [1.82, 2.24) is 9.97 Å². The molecule has 0 atom stereocenters. The first kappa shape index (κ1) is 11.4. The molecule has 82 valence electrons. The van der Waals surface area contributed by atoms with Crippen LogP contribution in [0.5, 0.6) is 0 Å². The summed E-state index contributed by atoms with van der Waals surface area (Å²) in [4.78, 5) is 8.37. The lowest BCUT2D eigenvalue weighted by atomic mass is 10.3. The number of aromatic nitrogens is 2. The Morgan fingerprint density at radius 1 is 1.31 bits per heavy atom. The van der Waals surface area contributed by atoms with E-state index in [9.17, 15) is 0 Å². The topological polar surface area (TPSA) is 37.8 Å². The molecule has 0 fully saturated rings. The van der Waals surface area contributed by atoms with Gasteiger partial charge in [-0.05, 0) is 34.1 Å². The van der Waals surface area contributed by atoms with Crippen LogP contribution in [0.1, 0.15) is 5.69 Å². The largest absolute Gasteiger partial charge is 0.363 e. The molecule has 0 unspecified atom stereocenters. The molecule has 0 radical (unpaired) electrons. The maximum atomic E-state index is 6.02. The molecule has 0 aliphatic carbocycles. The summed E-state index contributed by atoms with van der Waals surface area (Å²) >= 11 is 9.33. The average molecular weight is 299 g/mol. The number of halogens is 2. The fraction of sp³-hybridized carbons (Fsp3) is 0.0909. The minimum Gasteiger partial charge on any atom is -0.363 e. The Kier molecular flexibility index (Phi) is 3.74. The summed E-state index contributed by atoms with van der Waals surface area (Å²) in [5.74, 6) is 0.663. The Hall–Kier alpha value is -1.13. The van der Waals surface area contributed by atoms with Crippen LogP contribution in [-0.4, -0.2) is 9.97 Å². The van der Waals surface area contributed by atoms with Gasteiger partial charge in [0.05, 0.1) is 17.3 Å². The number of hydrogen-bond donors (Lipinski definition) is 1. The van der Waals surface area contributed by atoms with Crippen LogP contribution in [0.2, 0.25) is 5.02 Å². The Morgan fingerprint density at radius 2 is 2.19 bits per heavy atom. The Morgan fingerprint density at radius 3 is 2.88 bits per heavy atom. The maximum absolute atomic E-state index is 6.02. The van der Waals surface area contributed by atoms with E-state index in [0.717, 1.165) is 10.2 Å². The number of nitrogens with zero attached hydrogens (tertiary/aromatic N) is 2. The van der Waals surface area contributed by atoms with Crippen molar-refractivity contribution in [2.45, 2.75) is 6.54 Å². The lowest BCUT2D eigenvalue weighted by Gasteiger charge is -2.06. The smallest absolute Gasteiger partial charge is 0.145 e. The third-order valence-electron chi connectivity index (χ3n) is 1.97. The SMILES string of the molecule is Clc1cc(Br)cnc1NCc1ccccn1. The molecule has 16 heavy (non-hydrogen) atoms. The van der Waals surface area contributed by atoms with Crippen LogP contribution in [0.3, 0.4) is 0 Å². The van der Waals surface area contributed by atoms with E-state index >= 15 is 0 Å². The molecule has 0 aromatic carbocycles. The molecule has 0 aliphatic heterocycles. The summed E-state index contributed by atoms with van der Waals surface area (Å²) in [5, 5.41) is 3.72. The minimum atomic E-state index is 0.588. The second-order valence-corrected chi connectivity index (χ2v) is 4.48. The molecule has 0 amide bonds. The molecule has 0 saturated carbocycles. The summed E-state index contributed by atoms with van der Waals surface area (Å²) in [6.45, 7) is 0.606. The standard InChI is InChI=1S/C11H9BrClN3/c12-8-5-10(13)11(15-6-8)16-7-9-3-1-2-4-14-9/h1-6H,7H2,(H,15,16). The Bertz CT molecular complexity index is 476. The van der Waals surface area contributed by atoms with Crippen LogP contribution in [0.4, 0.5) is 5.82 Å². The van der Waals surface area contributed by atoms with E-state index in [1.54, 1.807) is 18.5 Å². The number of anilines is 1. The van der Waals surface area contributed by atoms with E-state index < -0.39 is 0 Å². The van der Waals surface area contributed by atoms with Crippen molar-refractivity contribution < 1.29 is 0 Å². The van der Waals surface area contributed by atoms with Crippen LogP contribution in [0, 0.1) is 0 Å². The van der Waals surface area contributed by atoms with Crippen molar-refractivity contribution >= 4 is 33.3 Å². The lowest BCUT2D eigenvalue weighted by Crippen LogP contribution is -2.03. The van der Waals surface area contributed by atoms with Crippen molar-refractivity contribution in [1.29, 1.82) is 0 Å². The second kappa shape index (κ2) is 5.27. The normalized spacial score (nSPS) is 10.1. The number of rotatable bonds is 3. The third kappa shape index (κ3) is 2.93. The van der Waals surface area contributed by atoms with Gasteiger partial charge in [0.2, 0.25) is 0 Å². The van der Waals surface area contributed by atoms with Gasteiger partial charge in [0.15, 0.2) is 0 Å². The number of pyridine rings is 2. The first-order valence-corrected chi connectivity index (χ1v) is 5.87. The molecule has 0 aliphatic rings. The first-order chi connectivity index (χ1) is 7.75. The second-order valence-electron chi connectivity index (χ2n) is 3.16. The van der Waals surface area contributed by atoms with Gasteiger partial charge in [-0.3, -0.25) is 4.98 Å². The molecule has 3 nitrogen and oxygen atoms in total. The number of hydrogen-bond acceptors (Lipinski definition) is 3. The highest BCUT2D eigenvalue weighted by molar-refractivity contribution is 9.10. The summed E-state index contributed by atoms with van der Waals surface area (Å²) < 4.78 is 0.862. The highest BCUT2D eigenvalue weighted by Gasteiger charge is 2.02. The molecule has 2 aromatic rings. The van der Waals surface area contributed by atoms with Crippen LogP contribution in [-0.2, 0) is 6.54 Å². The van der Waals surface area contributed by atoms with Crippen LogP contribution in [0.25, 0.3) is 0 Å². The van der Waals surface area contributed by atoms with Crippen molar-refractivity contribution in [3.8, 4) is 0 Å². The van der Waals surface area contributed by atoms with E-state index in [0.29, 0.717) is 17.4 Å². The summed E-state index contributed by atoms with van der Waals surface area (Å²) in [5.41, 5.74) is 0.947.